The van der Waals surface area contributed by atoms with E-state index in [1.165, 1.54) is 20.3 Å². The smallest absolute Gasteiger partial charge is 0.438 e. The van der Waals surface area contributed by atoms with Crippen LogP contribution in [0.3, 0.4) is 0 Å². The second kappa shape index (κ2) is 7.61. The van der Waals surface area contributed by atoms with Crippen LogP contribution in [0.5, 0.6) is 11.5 Å². The molecule has 0 spiro atoms. The third kappa shape index (κ3) is 3.49. The summed E-state index contributed by atoms with van der Waals surface area (Å²) in [6.07, 6.45) is 0. The number of ether oxygens (including phenoxy) is 2. The normalized spacial score (nSPS) is 11.5. The van der Waals surface area contributed by atoms with Crippen LogP contribution >= 0.6 is 11.6 Å². The Balaban J connectivity index is 2.24. The molecule has 11 heteroatoms. The van der Waals surface area contributed by atoms with Crippen molar-refractivity contribution in [1.82, 2.24) is 14.7 Å². The Kier molecular flexibility index (Phi) is 5.23. The van der Waals surface area contributed by atoms with Crippen molar-refractivity contribution < 1.29 is 19.6 Å². The molecule has 0 amide bonds. The molecule has 3 rings (SSSR count). The number of nitro groups is 1. The maximum absolute atomic E-state index is 11.5. The first kappa shape index (κ1) is 19.2. The molecule has 0 fully saturated rings. The van der Waals surface area contributed by atoms with E-state index in [2.05, 4.69) is 10.1 Å². The van der Waals surface area contributed by atoms with Gasteiger partial charge in [0.25, 0.3) is 5.49 Å². The van der Waals surface area contributed by atoms with E-state index in [-0.39, 0.29) is 11.2 Å². The first-order chi connectivity index (χ1) is 13.3. The number of rotatable bonds is 5. The molecule has 3 aromatic rings. The lowest BCUT2D eigenvalue weighted by molar-refractivity contribution is -0.391. The van der Waals surface area contributed by atoms with Gasteiger partial charge in [-0.25, -0.2) is 4.99 Å². The molecule has 0 aliphatic rings. The minimum Gasteiger partial charge on any atom is -0.497 e. The van der Waals surface area contributed by atoms with Gasteiger partial charge in [0.1, 0.15) is 22.9 Å². The van der Waals surface area contributed by atoms with Crippen LogP contribution in [-0.2, 0) is 0 Å². The summed E-state index contributed by atoms with van der Waals surface area (Å²) >= 11 is 6.08. The molecule has 1 heterocycles. The van der Waals surface area contributed by atoms with Crippen LogP contribution in [0.1, 0.15) is 5.56 Å². The first-order valence-corrected chi connectivity index (χ1v) is 8.32. The van der Waals surface area contributed by atoms with Gasteiger partial charge in [0.2, 0.25) is 0 Å². The number of methoxy groups -OCH3 is 2. The Morgan fingerprint density at radius 3 is 2.46 bits per heavy atom. The molecule has 0 aliphatic heterocycles. The molecule has 0 unspecified atom stereocenters. The van der Waals surface area contributed by atoms with E-state index in [1.54, 1.807) is 37.3 Å². The summed E-state index contributed by atoms with van der Waals surface area (Å²) in [5, 5.41) is 26.3. The van der Waals surface area contributed by atoms with Gasteiger partial charge in [-0.2, -0.15) is 0 Å². The minimum atomic E-state index is -0.735. The SMILES string of the molecule is COc1ccc(-n2nc([N+](=O)[O-])c(=Nc3cc(C)c(Cl)cc3OC)n2O)cc1. The van der Waals surface area contributed by atoms with E-state index in [9.17, 15) is 15.3 Å². The van der Waals surface area contributed by atoms with Gasteiger partial charge in [-0.1, -0.05) is 16.4 Å². The van der Waals surface area contributed by atoms with Gasteiger partial charge >= 0.3 is 5.82 Å². The zero-order valence-corrected chi connectivity index (χ0v) is 15.9. The monoisotopic (exact) mass is 405 g/mol. The summed E-state index contributed by atoms with van der Waals surface area (Å²) in [5.41, 5.74) is 0.938. The predicted octanol–water partition coefficient (Wildman–Crippen LogP) is 3.03. The van der Waals surface area contributed by atoms with Crippen molar-refractivity contribution in [3.05, 3.63) is 62.6 Å². The van der Waals surface area contributed by atoms with Gasteiger partial charge in [0, 0.05) is 11.1 Å². The maximum atomic E-state index is 11.5. The van der Waals surface area contributed by atoms with E-state index in [1.807, 2.05) is 0 Å². The van der Waals surface area contributed by atoms with Gasteiger partial charge in [-0.3, -0.25) is 0 Å². The summed E-state index contributed by atoms with van der Waals surface area (Å²) in [4.78, 5) is 16.4. The minimum absolute atomic E-state index is 0.254. The Hall–Kier alpha value is -3.53. The van der Waals surface area contributed by atoms with Gasteiger partial charge < -0.3 is 24.8 Å². The number of hydrogen-bond acceptors (Lipinski definition) is 7. The highest BCUT2D eigenvalue weighted by Crippen LogP contribution is 2.32. The fraction of sp³-hybridized carbons (Fsp3) is 0.176. The Morgan fingerprint density at radius 2 is 1.89 bits per heavy atom. The average molecular weight is 406 g/mol. The Labute approximate surface area is 163 Å². The summed E-state index contributed by atoms with van der Waals surface area (Å²) < 4.78 is 10.3. The van der Waals surface area contributed by atoms with E-state index in [0.29, 0.717) is 32.6 Å². The molecule has 0 aliphatic carbocycles. The number of nitrogens with zero attached hydrogens (tertiary/aromatic N) is 5. The Morgan fingerprint density at radius 1 is 1.21 bits per heavy atom. The number of aryl methyl sites for hydroxylation is 1. The fourth-order valence-corrected chi connectivity index (χ4v) is 2.62. The van der Waals surface area contributed by atoms with Crippen LogP contribution in [0.2, 0.25) is 5.02 Å². The number of halogens is 1. The number of hydrogen-bond donors (Lipinski definition) is 1. The zero-order chi connectivity index (χ0) is 20.4. The first-order valence-electron chi connectivity index (χ1n) is 7.95. The molecule has 1 N–H and O–H groups in total. The molecule has 0 bridgehead atoms. The summed E-state index contributed by atoms with van der Waals surface area (Å²) in [7, 11) is 2.93. The molecule has 0 saturated heterocycles. The van der Waals surface area contributed by atoms with Gasteiger partial charge in [0.05, 0.1) is 19.3 Å². The quantitative estimate of drug-likeness (QED) is 0.396. The van der Waals surface area contributed by atoms with Crippen LogP contribution in [0.25, 0.3) is 5.69 Å². The standard InChI is InChI=1S/C17H16ClN5O5/c1-10-8-14(15(28-3)9-13(10)18)19-16-17(23(25)26)20-21(22(16)24)11-4-6-12(27-2)7-5-11/h4-9,24H,1-3H3. The highest BCUT2D eigenvalue weighted by Gasteiger charge is 2.24. The lowest BCUT2D eigenvalue weighted by atomic mass is 10.2. The third-order valence-corrected chi connectivity index (χ3v) is 4.33. The molecule has 1 aromatic heterocycles. The van der Waals surface area contributed by atoms with Crippen molar-refractivity contribution in [3.63, 3.8) is 0 Å². The van der Waals surface area contributed by atoms with Crippen LogP contribution in [0.15, 0.2) is 41.4 Å². The summed E-state index contributed by atoms with van der Waals surface area (Å²) in [6, 6.07) is 9.56. The van der Waals surface area contributed by atoms with Crippen molar-refractivity contribution in [2.24, 2.45) is 4.99 Å². The predicted molar refractivity (Wildman–Crippen MR) is 99.9 cm³/mol. The van der Waals surface area contributed by atoms with Crippen LogP contribution < -0.4 is 15.0 Å². The topological polar surface area (TPSA) is 117 Å². The van der Waals surface area contributed by atoms with Crippen molar-refractivity contribution in [2.75, 3.05) is 14.2 Å². The van der Waals surface area contributed by atoms with Crippen LogP contribution in [-0.4, -0.2) is 39.1 Å². The molecular weight excluding hydrogens is 390 g/mol. The molecule has 0 saturated carbocycles. The number of aromatic nitrogens is 3. The third-order valence-electron chi connectivity index (χ3n) is 3.92. The number of benzene rings is 2. The van der Waals surface area contributed by atoms with Crippen molar-refractivity contribution in [2.45, 2.75) is 6.92 Å². The largest absolute Gasteiger partial charge is 0.497 e. The highest BCUT2D eigenvalue weighted by molar-refractivity contribution is 6.31. The fourth-order valence-electron chi connectivity index (χ4n) is 2.46. The van der Waals surface area contributed by atoms with E-state index in [4.69, 9.17) is 21.1 Å². The van der Waals surface area contributed by atoms with Gasteiger partial charge in [0.15, 0.2) is 0 Å². The second-order valence-electron chi connectivity index (χ2n) is 5.67. The maximum Gasteiger partial charge on any atom is 0.438 e. The van der Waals surface area contributed by atoms with E-state index >= 15 is 0 Å². The highest BCUT2D eigenvalue weighted by atomic mass is 35.5. The lowest BCUT2D eigenvalue weighted by Gasteiger charge is -2.06. The second-order valence-corrected chi connectivity index (χ2v) is 6.07. The molecule has 10 nitrogen and oxygen atoms in total. The van der Waals surface area contributed by atoms with E-state index < -0.39 is 10.7 Å². The van der Waals surface area contributed by atoms with E-state index in [0.717, 1.165) is 4.80 Å². The summed E-state index contributed by atoms with van der Waals surface area (Å²) in [5.74, 6) is 0.247. The molecule has 2 aromatic carbocycles. The average Bonchev–Trinajstić information content (AvgIpc) is 3.01. The van der Waals surface area contributed by atoms with Gasteiger partial charge in [-0.15, -0.1) is 0 Å². The lowest BCUT2D eigenvalue weighted by Crippen LogP contribution is -2.22. The van der Waals surface area contributed by atoms with Crippen molar-refractivity contribution in [1.29, 1.82) is 0 Å². The van der Waals surface area contributed by atoms with Crippen molar-refractivity contribution >= 4 is 23.1 Å². The molecule has 0 atom stereocenters. The van der Waals surface area contributed by atoms with Gasteiger partial charge in [-0.05, 0) is 52.5 Å². The molecule has 0 radical (unpaired) electrons. The Bertz CT molecular complexity index is 1100. The zero-order valence-electron chi connectivity index (χ0n) is 15.2. The molecule has 28 heavy (non-hydrogen) atoms. The van der Waals surface area contributed by atoms with Crippen LogP contribution in [0.4, 0.5) is 11.5 Å². The van der Waals surface area contributed by atoms with Crippen LogP contribution in [0, 0.1) is 17.0 Å². The summed E-state index contributed by atoms with van der Waals surface area (Å²) in [6.45, 7) is 1.75. The molecular formula is C17H16ClN5O5. The molecule has 146 valence electrons. The van der Waals surface area contributed by atoms with Crippen molar-refractivity contribution in [3.8, 4) is 17.2 Å².